The topological polar surface area (TPSA) is 15.3 Å². The Bertz CT molecular complexity index is 136. The van der Waals surface area contributed by atoms with E-state index in [4.69, 9.17) is 0 Å². The zero-order chi connectivity index (χ0) is 9.68. The predicted molar refractivity (Wildman–Crippen MR) is 58.0 cm³/mol. The summed E-state index contributed by atoms with van der Waals surface area (Å²) < 4.78 is 0. The van der Waals surface area contributed by atoms with Crippen molar-refractivity contribution in [1.82, 2.24) is 10.2 Å². The van der Waals surface area contributed by atoms with Gasteiger partial charge < -0.3 is 5.32 Å². The van der Waals surface area contributed by atoms with Crippen LogP contribution in [0.4, 0.5) is 0 Å². The zero-order valence-corrected chi connectivity index (χ0v) is 9.34. The fourth-order valence-corrected chi connectivity index (χ4v) is 2.22. The molecule has 1 rings (SSSR count). The van der Waals surface area contributed by atoms with E-state index in [-0.39, 0.29) is 0 Å². The molecule has 78 valence electrons. The van der Waals surface area contributed by atoms with Gasteiger partial charge in [-0.2, -0.15) is 0 Å². The van der Waals surface area contributed by atoms with E-state index in [1.165, 1.54) is 25.8 Å². The third-order valence-electron chi connectivity index (χ3n) is 3.04. The quantitative estimate of drug-likeness (QED) is 0.656. The molecular weight excluding hydrogens is 160 g/mol. The molecule has 0 amide bonds. The molecule has 1 aliphatic heterocycles. The molecule has 1 aliphatic rings. The van der Waals surface area contributed by atoms with E-state index in [0.717, 1.165) is 19.1 Å². The first-order chi connectivity index (χ1) is 6.25. The van der Waals surface area contributed by atoms with Crippen molar-refractivity contribution in [1.29, 1.82) is 0 Å². The van der Waals surface area contributed by atoms with Crippen LogP contribution in [0.25, 0.3) is 0 Å². The Labute approximate surface area is 82.7 Å². The molecule has 1 saturated heterocycles. The van der Waals surface area contributed by atoms with Crippen molar-refractivity contribution in [3.05, 3.63) is 0 Å². The second-order valence-corrected chi connectivity index (χ2v) is 4.28. The van der Waals surface area contributed by atoms with Crippen LogP contribution in [-0.4, -0.2) is 36.6 Å². The summed E-state index contributed by atoms with van der Waals surface area (Å²) in [6, 6.07) is 1.52. The Morgan fingerprint density at radius 2 is 2.31 bits per heavy atom. The third kappa shape index (κ3) is 3.28. The van der Waals surface area contributed by atoms with Crippen molar-refractivity contribution in [2.75, 3.05) is 19.6 Å². The number of rotatable bonds is 5. The molecule has 0 saturated carbocycles. The maximum Gasteiger partial charge on any atom is 0.0195 e. The van der Waals surface area contributed by atoms with E-state index < -0.39 is 0 Å². The molecule has 2 heteroatoms. The molecule has 2 nitrogen and oxygen atoms in total. The van der Waals surface area contributed by atoms with Gasteiger partial charge in [0.15, 0.2) is 0 Å². The Balaban J connectivity index is 2.18. The van der Waals surface area contributed by atoms with Crippen LogP contribution in [0.2, 0.25) is 0 Å². The lowest BCUT2D eigenvalue weighted by Crippen LogP contribution is -2.42. The average molecular weight is 184 g/mol. The molecular formula is C11H24N2. The summed E-state index contributed by atoms with van der Waals surface area (Å²) in [5.41, 5.74) is 0. The van der Waals surface area contributed by atoms with Crippen LogP contribution < -0.4 is 5.32 Å². The molecule has 0 radical (unpaired) electrons. The van der Waals surface area contributed by atoms with Crippen LogP contribution in [0.5, 0.6) is 0 Å². The number of hydrogen-bond acceptors (Lipinski definition) is 2. The molecule has 2 atom stereocenters. The minimum Gasteiger partial charge on any atom is -0.315 e. The van der Waals surface area contributed by atoms with Gasteiger partial charge in [-0.3, -0.25) is 4.90 Å². The highest BCUT2D eigenvalue weighted by Crippen LogP contribution is 2.18. The summed E-state index contributed by atoms with van der Waals surface area (Å²) in [7, 11) is 0. The predicted octanol–water partition coefficient (Wildman–Crippen LogP) is 1.86. The first-order valence-electron chi connectivity index (χ1n) is 5.72. The first kappa shape index (κ1) is 11.0. The normalized spacial score (nSPS) is 26.5. The van der Waals surface area contributed by atoms with E-state index in [0.29, 0.717) is 6.04 Å². The van der Waals surface area contributed by atoms with Crippen LogP contribution >= 0.6 is 0 Å². The molecule has 0 aliphatic carbocycles. The lowest BCUT2D eigenvalue weighted by Gasteiger charge is -2.28. The van der Waals surface area contributed by atoms with Gasteiger partial charge in [0.05, 0.1) is 0 Å². The summed E-state index contributed by atoms with van der Waals surface area (Å²) in [6.07, 6.45) is 4.01. The monoisotopic (exact) mass is 184 g/mol. The van der Waals surface area contributed by atoms with E-state index in [1.807, 2.05) is 0 Å². The van der Waals surface area contributed by atoms with Gasteiger partial charge in [0.25, 0.3) is 0 Å². The van der Waals surface area contributed by atoms with E-state index in [9.17, 15) is 0 Å². The molecule has 1 heterocycles. The fourth-order valence-electron chi connectivity index (χ4n) is 2.22. The lowest BCUT2D eigenvalue weighted by molar-refractivity contribution is 0.199. The molecule has 13 heavy (non-hydrogen) atoms. The summed E-state index contributed by atoms with van der Waals surface area (Å²) in [6.45, 7) is 10.5. The smallest absolute Gasteiger partial charge is 0.0195 e. The highest BCUT2D eigenvalue weighted by molar-refractivity contribution is 4.80. The van der Waals surface area contributed by atoms with Crippen LogP contribution in [0.3, 0.4) is 0 Å². The highest BCUT2D eigenvalue weighted by Gasteiger charge is 2.24. The maximum absolute atomic E-state index is 3.49. The van der Waals surface area contributed by atoms with Crippen molar-refractivity contribution in [2.24, 2.45) is 0 Å². The number of nitrogens with zero attached hydrogens (tertiary/aromatic N) is 1. The second kappa shape index (κ2) is 5.61. The molecule has 1 N–H and O–H groups in total. The highest BCUT2D eigenvalue weighted by atomic mass is 15.2. The Kier molecular flexibility index (Phi) is 4.74. The number of likely N-dealkylation sites (tertiary alicyclic amines) is 1. The average Bonchev–Trinajstić information content (AvgIpc) is 2.52. The number of nitrogens with one attached hydrogen (secondary N) is 1. The van der Waals surface area contributed by atoms with Gasteiger partial charge in [0.2, 0.25) is 0 Å². The van der Waals surface area contributed by atoms with Gasteiger partial charge in [-0.15, -0.1) is 0 Å². The molecule has 0 aromatic heterocycles. The van der Waals surface area contributed by atoms with Crippen molar-refractivity contribution in [3.8, 4) is 0 Å². The first-order valence-corrected chi connectivity index (χ1v) is 5.72. The largest absolute Gasteiger partial charge is 0.315 e. The summed E-state index contributed by atoms with van der Waals surface area (Å²) in [5.74, 6) is 0. The molecule has 1 fully saturated rings. The minimum atomic E-state index is 0.712. The summed E-state index contributed by atoms with van der Waals surface area (Å²) >= 11 is 0. The maximum atomic E-state index is 3.49. The van der Waals surface area contributed by atoms with Gasteiger partial charge in [-0.1, -0.05) is 6.92 Å². The van der Waals surface area contributed by atoms with E-state index in [1.54, 1.807) is 0 Å². The van der Waals surface area contributed by atoms with Gasteiger partial charge in [0.1, 0.15) is 0 Å². The Morgan fingerprint density at radius 3 is 2.85 bits per heavy atom. The minimum absolute atomic E-state index is 0.712. The van der Waals surface area contributed by atoms with Crippen molar-refractivity contribution >= 4 is 0 Å². The molecule has 0 spiro atoms. The fraction of sp³-hybridized carbons (Fsp3) is 1.00. The second-order valence-electron chi connectivity index (χ2n) is 4.28. The Hall–Kier alpha value is -0.0800. The van der Waals surface area contributed by atoms with Gasteiger partial charge >= 0.3 is 0 Å². The van der Waals surface area contributed by atoms with Gasteiger partial charge in [-0.05, 0) is 46.2 Å². The van der Waals surface area contributed by atoms with Gasteiger partial charge in [0, 0.05) is 18.6 Å². The number of hydrogen-bond donors (Lipinski definition) is 1. The Morgan fingerprint density at radius 1 is 1.54 bits per heavy atom. The molecule has 0 bridgehead atoms. The van der Waals surface area contributed by atoms with Crippen LogP contribution in [-0.2, 0) is 0 Å². The van der Waals surface area contributed by atoms with Crippen LogP contribution in [0, 0.1) is 0 Å². The van der Waals surface area contributed by atoms with Gasteiger partial charge in [-0.25, -0.2) is 0 Å². The lowest BCUT2D eigenvalue weighted by atomic mass is 10.2. The third-order valence-corrected chi connectivity index (χ3v) is 3.04. The molecule has 0 aromatic rings. The summed E-state index contributed by atoms with van der Waals surface area (Å²) in [5, 5.41) is 3.49. The zero-order valence-electron chi connectivity index (χ0n) is 9.34. The molecule has 0 aromatic carbocycles. The van der Waals surface area contributed by atoms with E-state index in [2.05, 4.69) is 31.0 Å². The SMILES string of the molecule is CCCNCC(C)N1CCCC1C. The van der Waals surface area contributed by atoms with Crippen LogP contribution in [0.15, 0.2) is 0 Å². The summed E-state index contributed by atoms with van der Waals surface area (Å²) in [4.78, 5) is 2.63. The van der Waals surface area contributed by atoms with Crippen LogP contribution in [0.1, 0.15) is 40.0 Å². The van der Waals surface area contributed by atoms with E-state index >= 15 is 0 Å². The van der Waals surface area contributed by atoms with Crippen molar-refractivity contribution in [3.63, 3.8) is 0 Å². The molecule has 2 unspecified atom stereocenters. The standard InChI is InChI=1S/C11H24N2/c1-4-7-12-9-11(3)13-8-5-6-10(13)2/h10-12H,4-9H2,1-3H3. The van der Waals surface area contributed by atoms with Crippen molar-refractivity contribution < 1.29 is 0 Å². The van der Waals surface area contributed by atoms with Crippen molar-refractivity contribution in [2.45, 2.75) is 52.1 Å².